The van der Waals surface area contributed by atoms with E-state index in [0.29, 0.717) is 0 Å². The van der Waals surface area contributed by atoms with Crippen molar-refractivity contribution >= 4 is 11.8 Å². The van der Waals surface area contributed by atoms with E-state index in [2.05, 4.69) is 0 Å². The van der Waals surface area contributed by atoms with Gasteiger partial charge >= 0.3 is 6.09 Å². The highest BCUT2D eigenvalue weighted by Crippen LogP contribution is 2.29. The Morgan fingerprint density at radius 1 is 1.47 bits per heavy atom. The van der Waals surface area contributed by atoms with E-state index in [1.165, 1.54) is 11.1 Å². The summed E-state index contributed by atoms with van der Waals surface area (Å²) in [5, 5.41) is 0. The molecule has 15 heavy (non-hydrogen) atoms. The Hall–Kier alpha value is -1.71. The van der Waals surface area contributed by atoms with E-state index < -0.39 is 6.09 Å². The van der Waals surface area contributed by atoms with Crippen LogP contribution in [0, 0.1) is 6.92 Å². The van der Waals surface area contributed by atoms with Gasteiger partial charge in [0.25, 0.3) is 0 Å². The summed E-state index contributed by atoms with van der Waals surface area (Å²) in [4.78, 5) is 10.6. The number of amides is 1. The number of carbonyl (C=O) groups is 1. The second kappa shape index (κ2) is 3.46. The zero-order valence-corrected chi connectivity index (χ0v) is 8.62. The zero-order chi connectivity index (χ0) is 11.0. The van der Waals surface area contributed by atoms with Crippen LogP contribution in [0.3, 0.4) is 0 Å². The van der Waals surface area contributed by atoms with E-state index in [4.69, 9.17) is 16.2 Å². The fourth-order valence-corrected chi connectivity index (χ4v) is 2.10. The number of carbonyl (C=O) groups excluding carboxylic acids is 1. The van der Waals surface area contributed by atoms with Crippen molar-refractivity contribution < 1.29 is 9.53 Å². The topological polar surface area (TPSA) is 78.3 Å². The summed E-state index contributed by atoms with van der Waals surface area (Å²) in [5.41, 5.74) is 15.1. The lowest BCUT2D eigenvalue weighted by Crippen LogP contribution is -2.22. The molecule has 0 bridgehead atoms. The van der Waals surface area contributed by atoms with E-state index in [1.807, 2.05) is 19.1 Å². The fourth-order valence-electron chi connectivity index (χ4n) is 2.10. The fraction of sp³-hybridized carbons (Fsp3) is 0.364. The Morgan fingerprint density at radius 3 is 2.87 bits per heavy atom. The highest BCUT2D eigenvalue weighted by molar-refractivity contribution is 5.65. The molecule has 0 radical (unpaired) electrons. The van der Waals surface area contributed by atoms with Gasteiger partial charge in [0.15, 0.2) is 0 Å². The number of benzene rings is 1. The molecule has 4 N–H and O–H groups in total. The molecule has 1 aliphatic carbocycles. The number of hydrogen-bond acceptors (Lipinski definition) is 3. The third kappa shape index (κ3) is 1.75. The van der Waals surface area contributed by atoms with Crippen molar-refractivity contribution in [3.63, 3.8) is 0 Å². The van der Waals surface area contributed by atoms with Gasteiger partial charge in [-0.15, -0.1) is 0 Å². The summed E-state index contributed by atoms with van der Waals surface area (Å²) in [6, 6.07) is 3.88. The molecule has 0 aliphatic heterocycles. The lowest BCUT2D eigenvalue weighted by molar-refractivity contribution is 0.112. The first-order chi connectivity index (χ1) is 7.08. The van der Waals surface area contributed by atoms with E-state index >= 15 is 0 Å². The Bertz CT molecular complexity index is 415. The number of primary amides is 1. The van der Waals surface area contributed by atoms with Gasteiger partial charge in [0, 0.05) is 18.5 Å². The van der Waals surface area contributed by atoms with Crippen molar-refractivity contribution in [1.82, 2.24) is 0 Å². The first-order valence-corrected chi connectivity index (χ1v) is 4.91. The molecule has 1 aromatic rings. The quantitative estimate of drug-likeness (QED) is 0.676. The van der Waals surface area contributed by atoms with Crippen molar-refractivity contribution in [1.29, 1.82) is 0 Å². The Balaban J connectivity index is 2.24. The molecule has 2 rings (SSSR count). The minimum absolute atomic E-state index is 0.127. The summed E-state index contributed by atoms with van der Waals surface area (Å²) in [6.07, 6.45) is 0.616. The minimum atomic E-state index is -0.710. The molecule has 0 saturated heterocycles. The third-order valence-corrected chi connectivity index (χ3v) is 2.90. The number of nitrogens with two attached hydrogens (primary N) is 2. The van der Waals surface area contributed by atoms with Crippen molar-refractivity contribution in [2.45, 2.75) is 25.9 Å². The van der Waals surface area contributed by atoms with Crippen LogP contribution in [-0.2, 0) is 17.6 Å². The Kier molecular flexibility index (Phi) is 2.26. The predicted molar refractivity (Wildman–Crippen MR) is 57.5 cm³/mol. The zero-order valence-electron chi connectivity index (χ0n) is 8.62. The number of nitrogen functional groups attached to an aromatic ring is 1. The normalized spacial score (nSPS) is 18.6. The first kappa shape index (κ1) is 9.83. The molecular formula is C11H14N2O2. The molecule has 1 amide bonds. The second-order valence-corrected chi connectivity index (χ2v) is 3.88. The van der Waals surface area contributed by atoms with Gasteiger partial charge in [0.2, 0.25) is 0 Å². The molecule has 4 nitrogen and oxygen atoms in total. The third-order valence-electron chi connectivity index (χ3n) is 2.90. The van der Waals surface area contributed by atoms with Gasteiger partial charge < -0.3 is 16.2 Å². The van der Waals surface area contributed by atoms with Crippen LogP contribution >= 0.6 is 0 Å². The van der Waals surface area contributed by atoms with Crippen molar-refractivity contribution in [2.24, 2.45) is 5.73 Å². The lowest BCUT2D eigenvalue weighted by atomic mass is 10.0. The van der Waals surface area contributed by atoms with Crippen molar-refractivity contribution in [3.05, 3.63) is 28.8 Å². The molecule has 80 valence electrons. The maximum Gasteiger partial charge on any atom is 0.404 e. The lowest BCUT2D eigenvalue weighted by Gasteiger charge is -2.08. The van der Waals surface area contributed by atoms with E-state index in [-0.39, 0.29) is 6.10 Å². The SMILES string of the molecule is Cc1c(N)ccc2c1CC(OC(N)=O)C2. The van der Waals surface area contributed by atoms with Crippen LogP contribution in [0.5, 0.6) is 0 Å². The molecule has 1 aliphatic rings. The number of ether oxygens (including phenoxy) is 1. The maximum absolute atomic E-state index is 10.6. The molecule has 0 aromatic heterocycles. The summed E-state index contributed by atoms with van der Waals surface area (Å²) < 4.78 is 4.99. The van der Waals surface area contributed by atoms with Gasteiger partial charge in [-0.1, -0.05) is 6.07 Å². The van der Waals surface area contributed by atoms with E-state index in [9.17, 15) is 4.79 Å². The summed E-state index contributed by atoms with van der Waals surface area (Å²) in [6.45, 7) is 1.99. The van der Waals surface area contributed by atoms with Gasteiger partial charge in [0.1, 0.15) is 6.10 Å². The molecule has 1 aromatic carbocycles. The summed E-state index contributed by atoms with van der Waals surface area (Å²) in [5.74, 6) is 0. The average Bonchev–Trinajstić information content (AvgIpc) is 2.54. The number of fused-ring (bicyclic) bond motifs is 1. The van der Waals surface area contributed by atoms with Gasteiger partial charge in [0.05, 0.1) is 0 Å². The Morgan fingerprint density at radius 2 is 2.20 bits per heavy atom. The van der Waals surface area contributed by atoms with Crippen LogP contribution in [0.1, 0.15) is 16.7 Å². The van der Waals surface area contributed by atoms with Crippen LogP contribution in [-0.4, -0.2) is 12.2 Å². The molecule has 0 fully saturated rings. The molecule has 4 heteroatoms. The van der Waals surface area contributed by atoms with Crippen LogP contribution in [0.2, 0.25) is 0 Å². The van der Waals surface area contributed by atoms with Crippen LogP contribution in [0.4, 0.5) is 10.5 Å². The van der Waals surface area contributed by atoms with E-state index in [0.717, 1.165) is 24.1 Å². The summed E-state index contributed by atoms with van der Waals surface area (Å²) in [7, 11) is 0. The number of hydrogen-bond donors (Lipinski definition) is 2. The van der Waals surface area contributed by atoms with Gasteiger partial charge in [-0.3, -0.25) is 0 Å². The monoisotopic (exact) mass is 206 g/mol. The average molecular weight is 206 g/mol. The molecule has 0 heterocycles. The van der Waals surface area contributed by atoms with Crippen molar-refractivity contribution in [3.8, 4) is 0 Å². The Labute approximate surface area is 88.2 Å². The summed E-state index contributed by atoms with van der Waals surface area (Å²) >= 11 is 0. The predicted octanol–water partition coefficient (Wildman–Crippen LogP) is 1.14. The van der Waals surface area contributed by atoms with Gasteiger partial charge in [-0.25, -0.2) is 4.79 Å². The standard InChI is InChI=1S/C11H14N2O2/c1-6-9-5-8(15-11(13)14)4-7(9)2-3-10(6)12/h2-3,8H,4-5,12H2,1H3,(H2,13,14). The van der Waals surface area contributed by atoms with Crippen LogP contribution < -0.4 is 11.5 Å². The molecule has 1 unspecified atom stereocenters. The highest BCUT2D eigenvalue weighted by Gasteiger charge is 2.25. The molecular weight excluding hydrogens is 192 g/mol. The maximum atomic E-state index is 10.6. The van der Waals surface area contributed by atoms with Crippen LogP contribution in [0.15, 0.2) is 12.1 Å². The van der Waals surface area contributed by atoms with Crippen molar-refractivity contribution in [2.75, 3.05) is 5.73 Å². The first-order valence-electron chi connectivity index (χ1n) is 4.91. The van der Waals surface area contributed by atoms with Gasteiger partial charge in [-0.05, 0) is 29.7 Å². The van der Waals surface area contributed by atoms with Crippen LogP contribution in [0.25, 0.3) is 0 Å². The van der Waals surface area contributed by atoms with E-state index in [1.54, 1.807) is 0 Å². The minimum Gasteiger partial charge on any atom is -0.446 e. The molecule has 1 atom stereocenters. The largest absolute Gasteiger partial charge is 0.446 e. The second-order valence-electron chi connectivity index (χ2n) is 3.88. The number of rotatable bonds is 1. The number of anilines is 1. The molecule has 0 saturated carbocycles. The van der Waals surface area contributed by atoms with Gasteiger partial charge in [-0.2, -0.15) is 0 Å². The highest BCUT2D eigenvalue weighted by atomic mass is 16.6. The molecule has 0 spiro atoms. The smallest absolute Gasteiger partial charge is 0.404 e.